The summed E-state index contributed by atoms with van der Waals surface area (Å²) in [7, 11) is 1.47. The maximum atomic E-state index is 12.0. The van der Waals surface area contributed by atoms with Gasteiger partial charge in [0.1, 0.15) is 18.5 Å². The number of hydrogen-bond donors (Lipinski definition) is 1. The van der Waals surface area contributed by atoms with E-state index < -0.39 is 4.92 Å². The van der Waals surface area contributed by atoms with Gasteiger partial charge in [0.25, 0.3) is 0 Å². The third-order valence-corrected chi connectivity index (χ3v) is 3.29. The molecule has 116 valence electrons. The first-order chi connectivity index (χ1) is 10.4. The summed E-state index contributed by atoms with van der Waals surface area (Å²) in [6.45, 7) is 1.70. The molecule has 8 nitrogen and oxygen atoms in total. The molecule has 22 heavy (non-hydrogen) atoms. The molecule has 2 rings (SSSR count). The van der Waals surface area contributed by atoms with E-state index >= 15 is 0 Å². The number of rotatable bonds is 5. The van der Waals surface area contributed by atoms with Crippen molar-refractivity contribution in [1.82, 2.24) is 9.55 Å². The zero-order chi connectivity index (χ0) is 16.3. The van der Waals surface area contributed by atoms with Gasteiger partial charge in [-0.25, -0.2) is 0 Å². The van der Waals surface area contributed by atoms with Crippen molar-refractivity contribution < 1.29 is 14.5 Å². The standard InChI is InChI=1S/C13H13ClN4O4/c1-8-3-10(11(22-2)4-9(8)14)16-13(19)6-17-5-12(15-7-17)18(20)21/h3-5,7H,6H2,1-2H3,(H,16,19). The molecule has 0 fully saturated rings. The summed E-state index contributed by atoms with van der Waals surface area (Å²) in [5, 5.41) is 13.7. The van der Waals surface area contributed by atoms with Crippen LogP contribution in [-0.2, 0) is 11.3 Å². The number of anilines is 1. The van der Waals surface area contributed by atoms with Crippen molar-refractivity contribution in [2.45, 2.75) is 13.5 Å². The Morgan fingerprint density at radius 3 is 2.86 bits per heavy atom. The molecule has 0 atom stereocenters. The van der Waals surface area contributed by atoms with E-state index in [1.165, 1.54) is 24.2 Å². The number of nitrogens with one attached hydrogen (secondary N) is 1. The Balaban J connectivity index is 2.11. The first kappa shape index (κ1) is 15.8. The molecule has 0 bridgehead atoms. The summed E-state index contributed by atoms with van der Waals surface area (Å²) in [6.07, 6.45) is 2.41. The number of imidazole rings is 1. The Labute approximate surface area is 130 Å². The molecule has 0 aliphatic carbocycles. The Bertz CT molecular complexity index is 729. The lowest BCUT2D eigenvalue weighted by molar-refractivity contribution is -0.389. The number of ether oxygens (including phenoxy) is 1. The number of nitrogens with zero attached hydrogens (tertiary/aromatic N) is 3. The van der Waals surface area contributed by atoms with Crippen LogP contribution in [0.4, 0.5) is 11.5 Å². The minimum absolute atomic E-state index is 0.105. The molecule has 1 heterocycles. The van der Waals surface area contributed by atoms with Crippen LogP contribution in [-0.4, -0.2) is 27.5 Å². The molecule has 1 N–H and O–H groups in total. The Morgan fingerprint density at radius 1 is 1.55 bits per heavy atom. The monoisotopic (exact) mass is 324 g/mol. The van der Waals surface area contributed by atoms with Crippen molar-refractivity contribution in [3.05, 3.63) is 45.4 Å². The highest BCUT2D eigenvalue weighted by Crippen LogP contribution is 2.30. The van der Waals surface area contributed by atoms with Crippen molar-refractivity contribution in [1.29, 1.82) is 0 Å². The van der Waals surface area contributed by atoms with Crippen LogP contribution in [0.1, 0.15) is 5.56 Å². The van der Waals surface area contributed by atoms with Gasteiger partial charge in [-0.2, -0.15) is 0 Å². The number of aromatic nitrogens is 2. The highest BCUT2D eigenvalue weighted by Gasteiger charge is 2.14. The second kappa shape index (κ2) is 6.44. The first-order valence-electron chi connectivity index (χ1n) is 6.21. The summed E-state index contributed by atoms with van der Waals surface area (Å²) in [5.74, 6) is -0.249. The molecule has 0 saturated heterocycles. The summed E-state index contributed by atoms with van der Waals surface area (Å²) >= 11 is 5.99. The van der Waals surface area contributed by atoms with Gasteiger partial charge in [-0.1, -0.05) is 11.6 Å². The van der Waals surface area contributed by atoms with Crippen LogP contribution < -0.4 is 10.1 Å². The van der Waals surface area contributed by atoms with Gasteiger partial charge in [0.2, 0.25) is 12.2 Å². The van der Waals surface area contributed by atoms with Gasteiger partial charge in [0, 0.05) is 11.1 Å². The van der Waals surface area contributed by atoms with Gasteiger partial charge in [-0.05, 0) is 28.5 Å². The van der Waals surface area contributed by atoms with Gasteiger partial charge >= 0.3 is 5.82 Å². The third-order valence-electron chi connectivity index (χ3n) is 2.89. The van der Waals surface area contributed by atoms with E-state index in [1.54, 1.807) is 19.1 Å². The molecule has 1 aromatic heterocycles. The minimum atomic E-state index is -0.625. The fraction of sp³-hybridized carbons (Fsp3) is 0.231. The highest BCUT2D eigenvalue weighted by molar-refractivity contribution is 6.31. The van der Waals surface area contributed by atoms with E-state index in [1.807, 2.05) is 0 Å². The molecule has 1 aromatic carbocycles. The van der Waals surface area contributed by atoms with Crippen LogP contribution in [0.15, 0.2) is 24.7 Å². The largest absolute Gasteiger partial charge is 0.495 e. The lowest BCUT2D eigenvalue weighted by atomic mass is 10.2. The number of methoxy groups -OCH3 is 1. The maximum absolute atomic E-state index is 12.0. The smallest absolute Gasteiger partial charge is 0.381 e. The van der Waals surface area contributed by atoms with Gasteiger partial charge in [0.15, 0.2) is 0 Å². The van der Waals surface area contributed by atoms with Crippen LogP contribution in [0.5, 0.6) is 5.75 Å². The zero-order valence-corrected chi connectivity index (χ0v) is 12.6. The van der Waals surface area contributed by atoms with Gasteiger partial charge in [0.05, 0.1) is 12.8 Å². The molecule has 0 unspecified atom stereocenters. The van der Waals surface area contributed by atoms with Crippen LogP contribution in [0.2, 0.25) is 5.02 Å². The van der Waals surface area contributed by atoms with Crippen molar-refractivity contribution in [2.24, 2.45) is 0 Å². The average Bonchev–Trinajstić information content (AvgIpc) is 2.91. The van der Waals surface area contributed by atoms with E-state index in [9.17, 15) is 14.9 Å². The third kappa shape index (κ3) is 3.53. The molecule has 1 amide bonds. The summed E-state index contributed by atoms with van der Waals surface area (Å²) < 4.78 is 6.48. The van der Waals surface area contributed by atoms with Gasteiger partial charge in [-0.15, -0.1) is 0 Å². The average molecular weight is 325 g/mol. The fourth-order valence-electron chi connectivity index (χ4n) is 1.81. The van der Waals surface area contributed by atoms with E-state index in [0.29, 0.717) is 16.5 Å². The zero-order valence-electron chi connectivity index (χ0n) is 11.9. The fourth-order valence-corrected chi connectivity index (χ4v) is 1.97. The van der Waals surface area contributed by atoms with Crippen LogP contribution in [0.25, 0.3) is 0 Å². The predicted octanol–water partition coefficient (Wildman–Crippen LogP) is 2.40. The second-order valence-corrected chi connectivity index (χ2v) is 4.92. The van der Waals surface area contributed by atoms with E-state index in [4.69, 9.17) is 16.3 Å². The number of nitro groups is 1. The Hall–Kier alpha value is -2.61. The summed E-state index contributed by atoms with van der Waals surface area (Å²) in [4.78, 5) is 25.5. The van der Waals surface area contributed by atoms with E-state index in [2.05, 4.69) is 10.3 Å². The normalized spacial score (nSPS) is 10.3. The van der Waals surface area contributed by atoms with Crippen molar-refractivity contribution >= 4 is 29.0 Å². The predicted molar refractivity (Wildman–Crippen MR) is 80.3 cm³/mol. The Morgan fingerprint density at radius 2 is 2.27 bits per heavy atom. The van der Waals surface area contributed by atoms with Crippen LogP contribution >= 0.6 is 11.6 Å². The van der Waals surface area contributed by atoms with Gasteiger partial charge in [-0.3, -0.25) is 4.79 Å². The SMILES string of the molecule is COc1cc(Cl)c(C)cc1NC(=O)Cn1cnc([N+](=O)[O-])c1. The number of hydrogen-bond acceptors (Lipinski definition) is 5. The van der Waals surface area contributed by atoms with E-state index in [-0.39, 0.29) is 18.3 Å². The summed E-state index contributed by atoms with van der Waals surface area (Å²) in [6, 6.07) is 3.30. The molecule has 9 heteroatoms. The van der Waals surface area contributed by atoms with Crippen molar-refractivity contribution in [3.63, 3.8) is 0 Å². The first-order valence-corrected chi connectivity index (χ1v) is 6.58. The number of carbonyl (C=O) groups excluding carboxylic acids is 1. The molecule has 0 aliphatic rings. The number of aryl methyl sites for hydroxylation is 1. The molecule has 0 saturated carbocycles. The molecule has 0 radical (unpaired) electrons. The lowest BCUT2D eigenvalue weighted by Crippen LogP contribution is -2.18. The minimum Gasteiger partial charge on any atom is -0.495 e. The number of carbonyl (C=O) groups is 1. The summed E-state index contributed by atoms with van der Waals surface area (Å²) in [5.41, 5.74) is 1.26. The Kier molecular flexibility index (Phi) is 4.62. The van der Waals surface area contributed by atoms with Gasteiger partial charge < -0.3 is 24.7 Å². The second-order valence-electron chi connectivity index (χ2n) is 4.51. The van der Waals surface area contributed by atoms with Crippen LogP contribution in [0.3, 0.4) is 0 Å². The maximum Gasteiger partial charge on any atom is 0.381 e. The number of halogens is 1. The van der Waals surface area contributed by atoms with Crippen LogP contribution in [0, 0.1) is 17.0 Å². The molecular weight excluding hydrogens is 312 g/mol. The molecular formula is C13H13ClN4O4. The van der Waals surface area contributed by atoms with E-state index in [0.717, 1.165) is 5.56 Å². The molecule has 0 aliphatic heterocycles. The number of benzene rings is 1. The van der Waals surface area contributed by atoms with Crippen molar-refractivity contribution in [2.75, 3.05) is 12.4 Å². The highest BCUT2D eigenvalue weighted by atomic mass is 35.5. The number of amides is 1. The molecule has 2 aromatic rings. The topological polar surface area (TPSA) is 99.3 Å². The van der Waals surface area contributed by atoms with Crippen molar-refractivity contribution in [3.8, 4) is 5.75 Å². The lowest BCUT2D eigenvalue weighted by Gasteiger charge is -2.12. The molecule has 0 spiro atoms. The quantitative estimate of drug-likeness (QED) is 0.672.